The van der Waals surface area contributed by atoms with Gasteiger partial charge in [-0.3, -0.25) is 4.79 Å². The first kappa shape index (κ1) is 18.2. The van der Waals surface area contributed by atoms with E-state index in [-0.39, 0.29) is 17.7 Å². The maximum Gasteiger partial charge on any atom is 0.276 e. The molecule has 28 heavy (non-hydrogen) atoms. The zero-order valence-electron chi connectivity index (χ0n) is 15.4. The minimum absolute atomic E-state index is 0.119. The Morgan fingerprint density at radius 1 is 1.21 bits per heavy atom. The number of anilines is 2. The summed E-state index contributed by atoms with van der Waals surface area (Å²) in [5, 5.41) is 4.63. The van der Waals surface area contributed by atoms with Crippen molar-refractivity contribution in [2.45, 2.75) is 25.4 Å². The molecule has 3 N–H and O–H groups in total. The molecule has 0 spiro atoms. The van der Waals surface area contributed by atoms with Crippen molar-refractivity contribution in [3.05, 3.63) is 54.5 Å². The van der Waals surface area contributed by atoms with Gasteiger partial charge in [-0.2, -0.15) is 0 Å². The number of nitrogens with zero attached hydrogens (tertiary/aromatic N) is 2. The van der Waals surface area contributed by atoms with Crippen LogP contribution in [0.25, 0.3) is 10.8 Å². The van der Waals surface area contributed by atoms with Gasteiger partial charge in [0.25, 0.3) is 5.91 Å². The topological polar surface area (TPSA) is 99.4 Å². The van der Waals surface area contributed by atoms with Crippen LogP contribution in [0.2, 0.25) is 0 Å². The predicted molar refractivity (Wildman–Crippen MR) is 107 cm³/mol. The molecular weight excluding hydrogens is 356 g/mol. The molecule has 4 rings (SSSR count). The Hall–Kier alpha value is -3.19. The number of aromatic nitrogens is 2. The molecule has 1 amide bonds. The van der Waals surface area contributed by atoms with Gasteiger partial charge in [0, 0.05) is 30.1 Å². The van der Waals surface area contributed by atoms with Crippen LogP contribution in [0.4, 0.5) is 11.4 Å². The monoisotopic (exact) mass is 378 g/mol. The Bertz CT molecular complexity index is 986. The van der Waals surface area contributed by atoms with E-state index in [0.29, 0.717) is 23.9 Å². The van der Waals surface area contributed by atoms with Gasteiger partial charge in [0.1, 0.15) is 6.61 Å². The van der Waals surface area contributed by atoms with Crippen molar-refractivity contribution >= 4 is 28.1 Å². The third-order valence-electron chi connectivity index (χ3n) is 4.72. The van der Waals surface area contributed by atoms with Crippen LogP contribution in [0.1, 0.15) is 29.8 Å². The van der Waals surface area contributed by atoms with Gasteiger partial charge in [-0.1, -0.05) is 0 Å². The summed E-state index contributed by atoms with van der Waals surface area (Å²) in [6, 6.07) is 10.8. The number of fused-ring (bicyclic) bond motifs is 1. The Labute approximate surface area is 162 Å². The van der Waals surface area contributed by atoms with Crippen molar-refractivity contribution in [1.82, 2.24) is 9.97 Å². The van der Waals surface area contributed by atoms with E-state index < -0.39 is 0 Å². The minimum Gasteiger partial charge on any atom is -0.474 e. The molecule has 0 radical (unpaired) electrons. The lowest BCUT2D eigenvalue weighted by Gasteiger charge is -2.22. The van der Waals surface area contributed by atoms with Crippen molar-refractivity contribution in [3.63, 3.8) is 0 Å². The van der Waals surface area contributed by atoms with E-state index >= 15 is 0 Å². The molecule has 2 aromatic heterocycles. The lowest BCUT2D eigenvalue weighted by molar-refractivity contribution is -0.0116. The molecule has 3 heterocycles. The molecule has 0 bridgehead atoms. The molecule has 1 aliphatic heterocycles. The lowest BCUT2D eigenvalue weighted by atomic mass is 10.1. The SMILES string of the molecule is Nc1cccnc1C(=O)Nc1ccc2c(OCC3CCCCO3)nccc2c1. The van der Waals surface area contributed by atoms with Crippen LogP contribution in [-0.4, -0.2) is 35.2 Å². The predicted octanol–water partition coefficient (Wildman–Crippen LogP) is 3.41. The summed E-state index contributed by atoms with van der Waals surface area (Å²) in [5.41, 5.74) is 7.01. The average Bonchev–Trinajstić information content (AvgIpc) is 2.73. The molecule has 1 aliphatic rings. The Morgan fingerprint density at radius 2 is 2.14 bits per heavy atom. The number of hydrogen-bond acceptors (Lipinski definition) is 6. The van der Waals surface area contributed by atoms with Crippen molar-refractivity contribution in [2.24, 2.45) is 0 Å². The summed E-state index contributed by atoms with van der Waals surface area (Å²) in [6.45, 7) is 1.28. The van der Waals surface area contributed by atoms with Crippen LogP contribution in [-0.2, 0) is 4.74 Å². The fourth-order valence-corrected chi connectivity index (χ4v) is 3.25. The van der Waals surface area contributed by atoms with Gasteiger partial charge in [0.15, 0.2) is 5.69 Å². The van der Waals surface area contributed by atoms with Gasteiger partial charge in [0.05, 0.1) is 11.8 Å². The second-order valence-electron chi connectivity index (χ2n) is 6.75. The fourth-order valence-electron chi connectivity index (χ4n) is 3.25. The number of nitrogen functional groups attached to an aromatic ring is 1. The smallest absolute Gasteiger partial charge is 0.276 e. The van der Waals surface area contributed by atoms with E-state index in [1.54, 1.807) is 18.3 Å². The highest BCUT2D eigenvalue weighted by molar-refractivity contribution is 6.07. The minimum atomic E-state index is -0.350. The van der Waals surface area contributed by atoms with E-state index in [0.717, 1.165) is 30.2 Å². The van der Waals surface area contributed by atoms with E-state index in [4.69, 9.17) is 15.2 Å². The van der Waals surface area contributed by atoms with Crippen LogP contribution in [0, 0.1) is 0 Å². The summed E-state index contributed by atoms with van der Waals surface area (Å²) in [7, 11) is 0. The largest absolute Gasteiger partial charge is 0.474 e. The second-order valence-corrected chi connectivity index (χ2v) is 6.75. The molecule has 144 valence electrons. The first-order chi connectivity index (χ1) is 13.7. The lowest BCUT2D eigenvalue weighted by Crippen LogP contribution is -2.26. The van der Waals surface area contributed by atoms with Gasteiger partial charge in [-0.05, 0) is 61.0 Å². The van der Waals surface area contributed by atoms with Crippen LogP contribution in [0.3, 0.4) is 0 Å². The summed E-state index contributed by atoms with van der Waals surface area (Å²) in [6.07, 6.45) is 6.65. The van der Waals surface area contributed by atoms with Crippen molar-refractivity contribution in [2.75, 3.05) is 24.3 Å². The van der Waals surface area contributed by atoms with Gasteiger partial charge in [0.2, 0.25) is 5.88 Å². The zero-order valence-corrected chi connectivity index (χ0v) is 15.4. The number of rotatable bonds is 5. The summed E-state index contributed by atoms with van der Waals surface area (Å²) >= 11 is 0. The third kappa shape index (κ3) is 4.04. The number of carbonyl (C=O) groups is 1. The van der Waals surface area contributed by atoms with Gasteiger partial charge >= 0.3 is 0 Å². The Kier molecular flexibility index (Phi) is 5.34. The molecule has 1 unspecified atom stereocenters. The fraction of sp³-hybridized carbons (Fsp3) is 0.286. The zero-order chi connectivity index (χ0) is 19.3. The standard InChI is InChI=1S/C21H22N4O3/c22-18-5-3-9-23-19(18)20(26)25-15-6-7-17-14(12-15)8-10-24-21(17)28-13-16-4-1-2-11-27-16/h3,5-10,12,16H,1-2,4,11,13,22H2,(H,25,26). The van der Waals surface area contributed by atoms with E-state index in [1.807, 2.05) is 24.3 Å². The number of hydrogen-bond donors (Lipinski definition) is 2. The van der Waals surface area contributed by atoms with Crippen molar-refractivity contribution in [3.8, 4) is 5.88 Å². The average molecular weight is 378 g/mol. The number of ether oxygens (including phenoxy) is 2. The van der Waals surface area contributed by atoms with Crippen LogP contribution < -0.4 is 15.8 Å². The van der Waals surface area contributed by atoms with E-state index in [9.17, 15) is 4.79 Å². The molecular formula is C21H22N4O3. The molecule has 1 atom stereocenters. The highest BCUT2D eigenvalue weighted by atomic mass is 16.5. The second kappa shape index (κ2) is 8.22. The molecule has 3 aromatic rings. The number of amides is 1. The Balaban J connectivity index is 1.50. The summed E-state index contributed by atoms with van der Waals surface area (Å²) < 4.78 is 11.6. The molecule has 7 nitrogen and oxygen atoms in total. The van der Waals surface area contributed by atoms with Crippen molar-refractivity contribution < 1.29 is 14.3 Å². The van der Waals surface area contributed by atoms with Gasteiger partial charge < -0.3 is 20.5 Å². The maximum atomic E-state index is 12.4. The number of benzene rings is 1. The molecule has 0 saturated carbocycles. The highest BCUT2D eigenvalue weighted by Gasteiger charge is 2.16. The third-order valence-corrected chi connectivity index (χ3v) is 4.72. The molecule has 1 aromatic carbocycles. The number of nitrogens with two attached hydrogens (primary N) is 1. The van der Waals surface area contributed by atoms with E-state index in [1.165, 1.54) is 12.6 Å². The number of carbonyl (C=O) groups excluding carboxylic acids is 1. The molecule has 7 heteroatoms. The first-order valence-electron chi connectivity index (χ1n) is 9.36. The molecule has 1 saturated heterocycles. The van der Waals surface area contributed by atoms with Crippen LogP contribution in [0.5, 0.6) is 5.88 Å². The number of nitrogens with one attached hydrogen (secondary N) is 1. The quantitative estimate of drug-likeness (QED) is 0.706. The summed E-state index contributed by atoms with van der Waals surface area (Å²) in [5.74, 6) is 0.218. The van der Waals surface area contributed by atoms with Crippen LogP contribution in [0.15, 0.2) is 48.8 Å². The highest BCUT2D eigenvalue weighted by Crippen LogP contribution is 2.27. The molecule has 0 aliphatic carbocycles. The van der Waals surface area contributed by atoms with Gasteiger partial charge in [-0.15, -0.1) is 0 Å². The van der Waals surface area contributed by atoms with Gasteiger partial charge in [-0.25, -0.2) is 9.97 Å². The normalized spacial score (nSPS) is 16.6. The number of pyridine rings is 2. The maximum absolute atomic E-state index is 12.4. The summed E-state index contributed by atoms with van der Waals surface area (Å²) in [4.78, 5) is 20.8. The van der Waals surface area contributed by atoms with Crippen LogP contribution >= 0.6 is 0 Å². The van der Waals surface area contributed by atoms with E-state index in [2.05, 4.69) is 15.3 Å². The molecule has 1 fully saturated rings. The first-order valence-corrected chi connectivity index (χ1v) is 9.36. The van der Waals surface area contributed by atoms with Crippen molar-refractivity contribution in [1.29, 1.82) is 0 Å². The Morgan fingerprint density at radius 3 is 2.96 bits per heavy atom.